The Morgan fingerprint density at radius 2 is 1.79 bits per heavy atom. The molecule has 0 aliphatic heterocycles. The molecule has 0 bridgehead atoms. The van der Waals surface area contributed by atoms with Crippen LogP contribution in [0.4, 0.5) is 0 Å². The van der Waals surface area contributed by atoms with Gasteiger partial charge in [-0.3, -0.25) is 0 Å². The highest BCUT2D eigenvalue weighted by atomic mass is 16.5. The quantitative estimate of drug-likeness (QED) is 0.637. The molecule has 0 spiro atoms. The van der Waals surface area contributed by atoms with E-state index in [4.69, 9.17) is 4.74 Å². The number of ether oxygens (including phenoxy) is 1. The van der Waals surface area contributed by atoms with Gasteiger partial charge in [0, 0.05) is 6.54 Å². The minimum Gasteiger partial charge on any atom is -0.494 e. The molecular formula is C17H29NO. The van der Waals surface area contributed by atoms with Gasteiger partial charge in [-0.25, -0.2) is 0 Å². The van der Waals surface area contributed by atoms with Crippen molar-refractivity contribution in [3.63, 3.8) is 0 Å². The van der Waals surface area contributed by atoms with Gasteiger partial charge in [0.15, 0.2) is 0 Å². The first-order chi connectivity index (χ1) is 9.20. The molecule has 0 amide bonds. The number of hydrogen-bond acceptors (Lipinski definition) is 2. The number of para-hydroxylation sites is 1. The second-order valence-corrected chi connectivity index (χ2v) is 5.65. The monoisotopic (exact) mass is 263 g/mol. The van der Waals surface area contributed by atoms with Gasteiger partial charge >= 0.3 is 0 Å². The van der Waals surface area contributed by atoms with E-state index in [2.05, 4.69) is 26.1 Å². The molecular weight excluding hydrogens is 234 g/mol. The molecule has 0 saturated heterocycles. The normalized spacial score (nSPS) is 14.1. The molecule has 0 aliphatic rings. The average Bonchev–Trinajstić information content (AvgIpc) is 2.40. The molecule has 1 N–H and O–H groups in total. The van der Waals surface area contributed by atoms with E-state index < -0.39 is 0 Å². The van der Waals surface area contributed by atoms with Crippen molar-refractivity contribution in [2.75, 3.05) is 19.7 Å². The Balaban J connectivity index is 2.35. The first-order valence-corrected chi connectivity index (χ1v) is 7.59. The summed E-state index contributed by atoms with van der Waals surface area (Å²) < 4.78 is 5.83. The van der Waals surface area contributed by atoms with Gasteiger partial charge in [0.1, 0.15) is 5.75 Å². The maximum Gasteiger partial charge on any atom is 0.119 e. The lowest BCUT2D eigenvalue weighted by atomic mass is 9.82. The molecule has 0 aliphatic carbocycles. The van der Waals surface area contributed by atoms with Gasteiger partial charge in [0.2, 0.25) is 0 Å². The molecule has 0 aromatic heterocycles. The predicted molar refractivity (Wildman–Crippen MR) is 82.7 cm³/mol. The third-order valence-electron chi connectivity index (χ3n) is 3.55. The summed E-state index contributed by atoms with van der Waals surface area (Å²) in [5, 5.41) is 3.55. The zero-order chi connectivity index (χ0) is 14.0. The van der Waals surface area contributed by atoms with Gasteiger partial charge in [-0.1, -0.05) is 45.4 Å². The largest absolute Gasteiger partial charge is 0.494 e. The Kier molecular flexibility index (Phi) is 7.57. The summed E-state index contributed by atoms with van der Waals surface area (Å²) in [6, 6.07) is 10.1. The third-order valence-corrected chi connectivity index (χ3v) is 3.55. The maximum atomic E-state index is 5.83. The minimum atomic E-state index is 0.346. The summed E-state index contributed by atoms with van der Waals surface area (Å²) in [6.45, 7) is 9.84. The smallest absolute Gasteiger partial charge is 0.119 e. The van der Waals surface area contributed by atoms with Crippen LogP contribution in [0.3, 0.4) is 0 Å². The van der Waals surface area contributed by atoms with E-state index in [0.717, 1.165) is 31.9 Å². The van der Waals surface area contributed by atoms with Crippen molar-refractivity contribution in [2.45, 2.75) is 46.5 Å². The standard InChI is InChI=1S/C17H29NO/c1-4-11-17(3,15-18-13-5-2)12-14-19-16-9-7-6-8-10-16/h6-10,18H,4-5,11-15H2,1-3H3. The summed E-state index contributed by atoms with van der Waals surface area (Å²) in [6.07, 6.45) is 4.78. The summed E-state index contributed by atoms with van der Waals surface area (Å²) in [5.74, 6) is 0.975. The molecule has 0 saturated carbocycles. The van der Waals surface area contributed by atoms with E-state index >= 15 is 0 Å². The highest BCUT2D eigenvalue weighted by Crippen LogP contribution is 2.27. The lowest BCUT2D eigenvalue weighted by molar-refractivity contribution is 0.193. The SMILES string of the molecule is CCCNCC(C)(CCC)CCOc1ccccc1. The Bertz CT molecular complexity index is 325. The zero-order valence-electron chi connectivity index (χ0n) is 12.7. The molecule has 1 aromatic carbocycles. The highest BCUT2D eigenvalue weighted by Gasteiger charge is 2.22. The summed E-state index contributed by atoms with van der Waals surface area (Å²) in [4.78, 5) is 0. The van der Waals surface area contributed by atoms with Crippen LogP contribution in [-0.2, 0) is 0 Å². The van der Waals surface area contributed by atoms with Crippen LogP contribution in [0.25, 0.3) is 0 Å². The Morgan fingerprint density at radius 1 is 1.05 bits per heavy atom. The van der Waals surface area contributed by atoms with Crippen LogP contribution in [0.1, 0.15) is 46.5 Å². The molecule has 2 heteroatoms. The van der Waals surface area contributed by atoms with E-state index in [1.165, 1.54) is 19.3 Å². The fraction of sp³-hybridized carbons (Fsp3) is 0.647. The van der Waals surface area contributed by atoms with Gasteiger partial charge < -0.3 is 10.1 Å². The van der Waals surface area contributed by atoms with E-state index in [9.17, 15) is 0 Å². The van der Waals surface area contributed by atoms with Crippen molar-refractivity contribution in [2.24, 2.45) is 5.41 Å². The lowest BCUT2D eigenvalue weighted by Crippen LogP contribution is -2.33. The van der Waals surface area contributed by atoms with Crippen LogP contribution in [0.2, 0.25) is 0 Å². The average molecular weight is 263 g/mol. The van der Waals surface area contributed by atoms with Crippen molar-refractivity contribution in [1.82, 2.24) is 5.32 Å². The molecule has 2 nitrogen and oxygen atoms in total. The Labute approximate surface area is 118 Å². The predicted octanol–water partition coefficient (Wildman–Crippen LogP) is 4.26. The molecule has 1 atom stereocenters. The zero-order valence-corrected chi connectivity index (χ0v) is 12.7. The van der Waals surface area contributed by atoms with Crippen LogP contribution in [0, 0.1) is 5.41 Å². The van der Waals surface area contributed by atoms with Gasteiger partial charge in [0.25, 0.3) is 0 Å². The molecule has 0 fully saturated rings. The molecule has 1 aromatic rings. The van der Waals surface area contributed by atoms with Crippen LogP contribution in [0.15, 0.2) is 30.3 Å². The third kappa shape index (κ3) is 6.63. The number of benzene rings is 1. The van der Waals surface area contributed by atoms with E-state index in [-0.39, 0.29) is 0 Å². The van der Waals surface area contributed by atoms with Crippen molar-refractivity contribution in [1.29, 1.82) is 0 Å². The summed E-state index contributed by atoms with van der Waals surface area (Å²) in [7, 11) is 0. The minimum absolute atomic E-state index is 0.346. The van der Waals surface area contributed by atoms with Gasteiger partial charge in [-0.2, -0.15) is 0 Å². The molecule has 0 radical (unpaired) electrons. The number of nitrogens with one attached hydrogen (secondary N) is 1. The van der Waals surface area contributed by atoms with Crippen LogP contribution in [0.5, 0.6) is 5.75 Å². The first kappa shape index (κ1) is 16.0. The number of hydrogen-bond donors (Lipinski definition) is 1. The second kappa shape index (κ2) is 8.98. The van der Waals surface area contributed by atoms with Crippen molar-refractivity contribution in [3.05, 3.63) is 30.3 Å². The molecule has 0 heterocycles. The Morgan fingerprint density at radius 3 is 2.42 bits per heavy atom. The molecule has 108 valence electrons. The lowest BCUT2D eigenvalue weighted by Gasteiger charge is -2.29. The highest BCUT2D eigenvalue weighted by molar-refractivity contribution is 5.20. The number of rotatable bonds is 10. The first-order valence-electron chi connectivity index (χ1n) is 7.59. The summed E-state index contributed by atoms with van der Waals surface area (Å²) in [5.41, 5.74) is 0.346. The Hall–Kier alpha value is -1.02. The summed E-state index contributed by atoms with van der Waals surface area (Å²) >= 11 is 0. The fourth-order valence-corrected chi connectivity index (χ4v) is 2.40. The molecule has 19 heavy (non-hydrogen) atoms. The van der Waals surface area contributed by atoms with Crippen molar-refractivity contribution < 1.29 is 4.74 Å². The van der Waals surface area contributed by atoms with Crippen LogP contribution in [-0.4, -0.2) is 19.7 Å². The maximum absolute atomic E-state index is 5.83. The van der Waals surface area contributed by atoms with E-state index in [0.29, 0.717) is 5.41 Å². The van der Waals surface area contributed by atoms with E-state index in [1.54, 1.807) is 0 Å². The van der Waals surface area contributed by atoms with Crippen molar-refractivity contribution >= 4 is 0 Å². The van der Waals surface area contributed by atoms with Gasteiger partial charge in [-0.15, -0.1) is 0 Å². The van der Waals surface area contributed by atoms with Crippen molar-refractivity contribution in [3.8, 4) is 5.75 Å². The fourth-order valence-electron chi connectivity index (χ4n) is 2.40. The molecule has 1 unspecified atom stereocenters. The van der Waals surface area contributed by atoms with Crippen LogP contribution >= 0.6 is 0 Å². The topological polar surface area (TPSA) is 21.3 Å². The van der Waals surface area contributed by atoms with Gasteiger partial charge in [-0.05, 0) is 43.4 Å². The molecule has 1 rings (SSSR count). The second-order valence-electron chi connectivity index (χ2n) is 5.65. The van der Waals surface area contributed by atoms with Crippen LogP contribution < -0.4 is 10.1 Å². The van der Waals surface area contributed by atoms with Gasteiger partial charge in [0.05, 0.1) is 6.61 Å². The van der Waals surface area contributed by atoms with E-state index in [1.807, 2.05) is 30.3 Å².